The molecule has 0 saturated heterocycles. The SMILES string of the molecule is Cc1nc(C(=O)N(N)C(=O)C(C)(CCCCl)c2ccc(C(F)(F)F)cc2F)cc(=O)[nH]1. The van der Waals surface area contributed by atoms with E-state index in [1.165, 1.54) is 13.8 Å². The van der Waals surface area contributed by atoms with Crippen LogP contribution in [-0.4, -0.2) is 32.7 Å². The number of nitrogens with one attached hydrogen (secondary N) is 1. The van der Waals surface area contributed by atoms with Crippen molar-refractivity contribution >= 4 is 23.4 Å². The number of hydrogen-bond donors (Lipinski definition) is 2. The van der Waals surface area contributed by atoms with Gasteiger partial charge in [0.05, 0.1) is 11.0 Å². The monoisotopic (exact) mass is 462 g/mol. The molecule has 0 radical (unpaired) electrons. The maximum atomic E-state index is 14.7. The van der Waals surface area contributed by atoms with Gasteiger partial charge in [-0.15, -0.1) is 11.6 Å². The van der Waals surface area contributed by atoms with Gasteiger partial charge in [0.2, 0.25) is 0 Å². The average molecular weight is 463 g/mol. The zero-order chi connectivity index (χ0) is 23.6. The van der Waals surface area contributed by atoms with Crippen LogP contribution in [0.15, 0.2) is 29.1 Å². The van der Waals surface area contributed by atoms with E-state index in [0.717, 1.165) is 12.1 Å². The minimum atomic E-state index is -4.78. The van der Waals surface area contributed by atoms with Gasteiger partial charge in [0.1, 0.15) is 17.3 Å². The van der Waals surface area contributed by atoms with Gasteiger partial charge in [0.25, 0.3) is 17.4 Å². The van der Waals surface area contributed by atoms with Gasteiger partial charge in [-0.2, -0.15) is 13.2 Å². The summed E-state index contributed by atoms with van der Waals surface area (Å²) in [6.45, 7) is 2.65. The number of carbonyl (C=O) groups is 2. The maximum absolute atomic E-state index is 14.7. The Kier molecular flexibility index (Phi) is 7.22. The molecule has 1 aromatic heterocycles. The molecule has 1 unspecified atom stereocenters. The van der Waals surface area contributed by atoms with Gasteiger partial charge in [0, 0.05) is 17.5 Å². The zero-order valence-electron chi connectivity index (χ0n) is 16.5. The average Bonchev–Trinajstić information content (AvgIpc) is 2.68. The zero-order valence-corrected chi connectivity index (χ0v) is 17.3. The first-order chi connectivity index (χ1) is 14.3. The summed E-state index contributed by atoms with van der Waals surface area (Å²) >= 11 is 5.68. The molecule has 2 rings (SSSR count). The van der Waals surface area contributed by atoms with Gasteiger partial charge in [-0.25, -0.2) is 20.2 Å². The third-order valence-corrected chi connectivity index (χ3v) is 4.96. The topological polar surface area (TPSA) is 109 Å². The Labute approximate surface area is 179 Å². The summed E-state index contributed by atoms with van der Waals surface area (Å²) in [4.78, 5) is 43.4. The number of nitrogens with two attached hydrogens (primary N) is 1. The first-order valence-electron chi connectivity index (χ1n) is 8.96. The summed E-state index contributed by atoms with van der Waals surface area (Å²) in [5.41, 5.74) is -4.51. The molecule has 31 heavy (non-hydrogen) atoms. The van der Waals surface area contributed by atoms with Crippen molar-refractivity contribution in [3.8, 4) is 0 Å². The van der Waals surface area contributed by atoms with E-state index >= 15 is 0 Å². The van der Waals surface area contributed by atoms with Gasteiger partial charge >= 0.3 is 6.18 Å². The van der Waals surface area contributed by atoms with E-state index < -0.39 is 46.0 Å². The largest absolute Gasteiger partial charge is 0.416 e. The maximum Gasteiger partial charge on any atom is 0.416 e. The highest BCUT2D eigenvalue weighted by Crippen LogP contribution is 2.36. The Balaban J connectivity index is 2.50. The number of benzene rings is 1. The summed E-state index contributed by atoms with van der Waals surface area (Å²) in [5, 5.41) is 0.173. The standard InChI is InChI=1S/C19H19ClF4N4O3/c1-10-26-14(9-15(29)27-10)16(30)28(25)17(31)18(2,6-3-7-20)12-5-4-11(8-13(12)21)19(22,23)24/h4-5,8-9H,3,6-7,25H2,1-2H3,(H,26,27,29). The fraction of sp³-hybridized carbons (Fsp3) is 0.368. The molecular formula is C19H19ClF4N4O3. The van der Waals surface area contributed by atoms with Gasteiger partial charge in [-0.3, -0.25) is 14.4 Å². The molecule has 2 amide bonds. The number of amides is 2. The van der Waals surface area contributed by atoms with Gasteiger partial charge in [0.15, 0.2) is 0 Å². The smallest absolute Gasteiger partial charge is 0.311 e. The van der Waals surface area contributed by atoms with Crippen LogP contribution < -0.4 is 11.4 Å². The molecule has 0 saturated carbocycles. The lowest BCUT2D eigenvalue weighted by Crippen LogP contribution is -2.52. The number of halogens is 5. The summed E-state index contributed by atoms with van der Waals surface area (Å²) in [6, 6.07) is 2.57. The second-order valence-electron chi connectivity index (χ2n) is 7.01. The van der Waals surface area contributed by atoms with Crippen molar-refractivity contribution in [2.75, 3.05) is 5.88 Å². The van der Waals surface area contributed by atoms with E-state index in [4.69, 9.17) is 17.4 Å². The Hall–Kier alpha value is -2.79. The summed E-state index contributed by atoms with van der Waals surface area (Å²) in [7, 11) is 0. The van der Waals surface area contributed by atoms with Crippen molar-refractivity contribution < 1.29 is 27.2 Å². The molecule has 1 aromatic carbocycles. The number of alkyl halides is 4. The summed E-state index contributed by atoms with van der Waals surface area (Å²) in [5.74, 6) is 2.33. The van der Waals surface area contributed by atoms with Crippen molar-refractivity contribution in [3.05, 3.63) is 63.1 Å². The molecule has 168 valence electrons. The number of imide groups is 1. The van der Waals surface area contributed by atoms with Crippen LogP contribution in [0.25, 0.3) is 0 Å². The molecule has 0 aliphatic rings. The number of aromatic amines is 1. The number of carbonyl (C=O) groups excluding carboxylic acids is 2. The Morgan fingerprint density at radius 2 is 1.90 bits per heavy atom. The predicted octanol–water partition coefficient (Wildman–Crippen LogP) is 3.06. The molecule has 0 aliphatic carbocycles. The van der Waals surface area contributed by atoms with Crippen LogP contribution in [0, 0.1) is 12.7 Å². The fourth-order valence-corrected chi connectivity index (χ4v) is 3.22. The van der Waals surface area contributed by atoms with Gasteiger partial charge < -0.3 is 4.98 Å². The molecule has 0 bridgehead atoms. The molecule has 7 nitrogen and oxygen atoms in total. The van der Waals surface area contributed by atoms with Gasteiger partial charge in [-0.1, -0.05) is 6.07 Å². The van der Waals surface area contributed by atoms with E-state index in [9.17, 15) is 31.9 Å². The number of H-pyrrole nitrogens is 1. The highest BCUT2D eigenvalue weighted by atomic mass is 35.5. The summed E-state index contributed by atoms with van der Waals surface area (Å²) < 4.78 is 53.3. The molecule has 3 N–H and O–H groups in total. The van der Waals surface area contributed by atoms with Crippen LogP contribution in [0.4, 0.5) is 17.6 Å². The highest BCUT2D eigenvalue weighted by molar-refractivity contribution is 6.17. The number of hydrogen-bond acceptors (Lipinski definition) is 5. The number of nitrogens with zero attached hydrogens (tertiary/aromatic N) is 2. The third kappa shape index (κ3) is 5.28. The minimum Gasteiger partial charge on any atom is -0.311 e. The molecule has 1 atom stereocenters. The van der Waals surface area contributed by atoms with Crippen LogP contribution >= 0.6 is 11.6 Å². The first kappa shape index (κ1) is 24.5. The van der Waals surface area contributed by atoms with Crippen molar-refractivity contribution in [1.82, 2.24) is 15.0 Å². The van der Waals surface area contributed by atoms with Crippen LogP contribution in [0.3, 0.4) is 0 Å². The molecule has 2 aromatic rings. The van der Waals surface area contributed by atoms with Crippen LogP contribution in [0.1, 0.15) is 47.2 Å². The third-order valence-electron chi connectivity index (χ3n) is 4.69. The van der Waals surface area contributed by atoms with Crippen LogP contribution in [0.5, 0.6) is 0 Å². The van der Waals surface area contributed by atoms with E-state index in [2.05, 4.69) is 9.97 Å². The number of hydrazine groups is 1. The van der Waals surface area contributed by atoms with Crippen molar-refractivity contribution in [1.29, 1.82) is 0 Å². The second kappa shape index (κ2) is 9.15. The quantitative estimate of drug-likeness (QED) is 0.225. The molecule has 12 heteroatoms. The number of aromatic nitrogens is 2. The van der Waals surface area contributed by atoms with E-state index in [0.29, 0.717) is 6.07 Å². The van der Waals surface area contributed by atoms with E-state index in [1.54, 1.807) is 0 Å². The minimum absolute atomic E-state index is 0.0679. The first-order valence-corrected chi connectivity index (χ1v) is 9.49. The molecule has 1 heterocycles. The molecular weight excluding hydrogens is 444 g/mol. The lowest BCUT2D eigenvalue weighted by Gasteiger charge is -2.32. The Morgan fingerprint density at radius 1 is 1.26 bits per heavy atom. The number of aryl methyl sites for hydroxylation is 1. The van der Waals surface area contributed by atoms with E-state index in [1.807, 2.05) is 0 Å². The highest BCUT2D eigenvalue weighted by Gasteiger charge is 2.42. The van der Waals surface area contributed by atoms with Crippen molar-refractivity contribution in [3.63, 3.8) is 0 Å². The van der Waals surface area contributed by atoms with Crippen molar-refractivity contribution in [2.45, 2.75) is 38.3 Å². The molecule has 0 fully saturated rings. The molecule has 0 spiro atoms. The summed E-state index contributed by atoms with van der Waals surface area (Å²) in [6.07, 6.45) is -4.72. The van der Waals surface area contributed by atoms with Crippen LogP contribution in [-0.2, 0) is 16.4 Å². The normalized spacial score (nSPS) is 13.5. The lowest BCUT2D eigenvalue weighted by atomic mass is 9.77. The number of rotatable bonds is 6. The van der Waals surface area contributed by atoms with Gasteiger partial charge in [-0.05, 0) is 38.8 Å². The lowest BCUT2D eigenvalue weighted by molar-refractivity contribution is -0.137. The van der Waals surface area contributed by atoms with Crippen molar-refractivity contribution in [2.24, 2.45) is 5.84 Å². The Bertz CT molecular complexity index is 1060. The Morgan fingerprint density at radius 3 is 2.42 bits per heavy atom. The van der Waals surface area contributed by atoms with Crippen LogP contribution in [0.2, 0.25) is 0 Å². The molecule has 0 aliphatic heterocycles. The second-order valence-corrected chi connectivity index (χ2v) is 7.39. The fourth-order valence-electron chi connectivity index (χ4n) is 3.09. The predicted molar refractivity (Wildman–Crippen MR) is 104 cm³/mol. The van der Waals surface area contributed by atoms with E-state index in [-0.39, 0.29) is 41.2 Å².